The molecule has 1 aromatic heterocycles. The summed E-state index contributed by atoms with van der Waals surface area (Å²) in [6.45, 7) is 2.87. The molecule has 1 aromatic carbocycles. The highest BCUT2D eigenvalue weighted by molar-refractivity contribution is 7.09. The molecule has 120 valence electrons. The van der Waals surface area contributed by atoms with Crippen LogP contribution in [0.15, 0.2) is 29.6 Å². The first-order valence-corrected chi connectivity index (χ1v) is 8.20. The number of hydrogen-bond acceptors (Lipinski definition) is 5. The molecule has 0 N–H and O–H groups in total. The van der Waals surface area contributed by atoms with E-state index in [9.17, 15) is 4.79 Å². The molecule has 0 fully saturated rings. The largest absolute Gasteiger partial charge is 0.486 e. The normalized spacial score (nSPS) is 10.1. The van der Waals surface area contributed by atoms with Crippen molar-refractivity contribution < 1.29 is 9.53 Å². The van der Waals surface area contributed by atoms with E-state index in [0.717, 1.165) is 16.5 Å². The zero-order valence-corrected chi connectivity index (χ0v) is 14.1. The van der Waals surface area contributed by atoms with Gasteiger partial charge in [-0.2, -0.15) is 5.26 Å². The molecule has 6 heteroatoms. The van der Waals surface area contributed by atoms with Gasteiger partial charge in [-0.3, -0.25) is 4.79 Å². The predicted octanol–water partition coefficient (Wildman–Crippen LogP) is 2.95. The molecule has 1 amide bonds. The Morgan fingerprint density at radius 3 is 2.83 bits per heavy atom. The van der Waals surface area contributed by atoms with Crippen LogP contribution in [0.3, 0.4) is 0 Å². The van der Waals surface area contributed by atoms with E-state index >= 15 is 0 Å². The third kappa shape index (κ3) is 5.38. The second-order valence-corrected chi connectivity index (χ2v) is 6.18. The van der Waals surface area contributed by atoms with Gasteiger partial charge in [-0.05, 0) is 19.1 Å². The number of aromatic nitrogens is 1. The molecule has 0 spiro atoms. The van der Waals surface area contributed by atoms with Crippen molar-refractivity contribution in [1.29, 1.82) is 5.26 Å². The molecule has 0 saturated carbocycles. The number of carbonyl (C=O) groups is 1. The average molecular weight is 329 g/mol. The third-order valence-electron chi connectivity index (χ3n) is 3.30. The molecule has 5 nitrogen and oxygen atoms in total. The van der Waals surface area contributed by atoms with Gasteiger partial charge in [0.05, 0.1) is 24.6 Å². The van der Waals surface area contributed by atoms with Crippen molar-refractivity contribution in [3.8, 4) is 11.8 Å². The fourth-order valence-corrected chi connectivity index (χ4v) is 2.61. The number of aryl methyl sites for hydroxylation is 1. The molecule has 0 atom stereocenters. The Morgan fingerprint density at radius 1 is 1.39 bits per heavy atom. The number of nitrogens with zero attached hydrogens (tertiary/aromatic N) is 3. The van der Waals surface area contributed by atoms with E-state index in [-0.39, 0.29) is 12.3 Å². The van der Waals surface area contributed by atoms with Crippen molar-refractivity contribution in [1.82, 2.24) is 9.88 Å². The molecule has 0 unspecified atom stereocenters. The van der Waals surface area contributed by atoms with E-state index < -0.39 is 0 Å². The van der Waals surface area contributed by atoms with Gasteiger partial charge < -0.3 is 9.64 Å². The summed E-state index contributed by atoms with van der Waals surface area (Å²) in [7, 11) is 1.70. The Hall–Kier alpha value is -2.39. The Balaban J connectivity index is 1.84. The van der Waals surface area contributed by atoms with Crippen LogP contribution in [0.5, 0.6) is 5.75 Å². The number of thiazole rings is 1. The minimum Gasteiger partial charge on any atom is -0.486 e. The third-order valence-corrected chi connectivity index (χ3v) is 4.17. The van der Waals surface area contributed by atoms with Crippen LogP contribution in [0.4, 0.5) is 0 Å². The van der Waals surface area contributed by atoms with Crippen molar-refractivity contribution in [3.05, 3.63) is 45.9 Å². The van der Waals surface area contributed by atoms with Crippen molar-refractivity contribution >= 4 is 17.2 Å². The van der Waals surface area contributed by atoms with E-state index in [1.54, 1.807) is 11.9 Å². The molecule has 2 rings (SSSR count). The molecular weight excluding hydrogens is 310 g/mol. The lowest BCUT2D eigenvalue weighted by Gasteiger charge is -2.14. The lowest BCUT2D eigenvalue weighted by molar-refractivity contribution is -0.129. The SMILES string of the molecule is Cc1ccc(OCc2nc(CC(=O)N(C)CCC#N)cs2)cc1. The van der Waals surface area contributed by atoms with Gasteiger partial charge in [0, 0.05) is 19.0 Å². The fraction of sp³-hybridized carbons (Fsp3) is 0.353. The zero-order chi connectivity index (χ0) is 16.7. The second kappa shape index (κ2) is 8.30. The summed E-state index contributed by atoms with van der Waals surface area (Å²) in [5.41, 5.74) is 1.93. The number of rotatable bonds is 7. The summed E-state index contributed by atoms with van der Waals surface area (Å²) in [6.07, 6.45) is 0.595. The van der Waals surface area contributed by atoms with Gasteiger partial charge in [-0.25, -0.2) is 4.98 Å². The number of amides is 1. The van der Waals surface area contributed by atoms with Gasteiger partial charge in [0.25, 0.3) is 0 Å². The van der Waals surface area contributed by atoms with Crippen LogP contribution < -0.4 is 4.74 Å². The summed E-state index contributed by atoms with van der Waals surface area (Å²) in [4.78, 5) is 18.0. The summed E-state index contributed by atoms with van der Waals surface area (Å²) >= 11 is 1.48. The highest BCUT2D eigenvalue weighted by atomic mass is 32.1. The highest BCUT2D eigenvalue weighted by Gasteiger charge is 2.12. The summed E-state index contributed by atoms with van der Waals surface area (Å²) in [5.74, 6) is 0.774. The van der Waals surface area contributed by atoms with Crippen molar-refractivity contribution in [2.24, 2.45) is 0 Å². The first-order chi connectivity index (χ1) is 11.1. The number of ether oxygens (including phenoxy) is 1. The smallest absolute Gasteiger partial charge is 0.228 e. The first kappa shape index (κ1) is 17.0. The fourth-order valence-electron chi connectivity index (χ4n) is 1.91. The Bertz CT molecular complexity index is 689. The van der Waals surface area contributed by atoms with Crippen molar-refractivity contribution in [3.63, 3.8) is 0 Å². The maximum Gasteiger partial charge on any atom is 0.228 e. The summed E-state index contributed by atoms with van der Waals surface area (Å²) in [6, 6.07) is 9.89. The predicted molar refractivity (Wildman–Crippen MR) is 89.2 cm³/mol. The Kier molecular flexibility index (Phi) is 6.12. The average Bonchev–Trinajstić information content (AvgIpc) is 2.99. The van der Waals surface area contributed by atoms with Gasteiger partial charge in [-0.15, -0.1) is 11.3 Å². The molecule has 23 heavy (non-hydrogen) atoms. The monoisotopic (exact) mass is 329 g/mol. The molecule has 0 radical (unpaired) electrons. The second-order valence-electron chi connectivity index (χ2n) is 5.23. The van der Waals surface area contributed by atoms with Crippen LogP contribution in [-0.2, 0) is 17.8 Å². The van der Waals surface area contributed by atoms with Gasteiger partial charge in [0.1, 0.15) is 17.4 Å². The first-order valence-electron chi connectivity index (χ1n) is 7.32. The molecule has 1 heterocycles. The number of hydrogen-bond donors (Lipinski definition) is 0. The molecular formula is C17H19N3O2S. The van der Waals surface area contributed by atoms with E-state index in [2.05, 4.69) is 4.98 Å². The van der Waals surface area contributed by atoms with Crippen LogP contribution in [0.2, 0.25) is 0 Å². The lowest BCUT2D eigenvalue weighted by atomic mass is 10.2. The van der Waals surface area contributed by atoms with E-state index in [1.165, 1.54) is 16.9 Å². The maximum absolute atomic E-state index is 12.0. The molecule has 0 bridgehead atoms. The number of nitriles is 1. The highest BCUT2D eigenvalue weighted by Crippen LogP contribution is 2.16. The van der Waals surface area contributed by atoms with Gasteiger partial charge >= 0.3 is 0 Å². The maximum atomic E-state index is 12.0. The van der Waals surface area contributed by atoms with E-state index in [1.807, 2.05) is 42.6 Å². The van der Waals surface area contributed by atoms with Crippen molar-refractivity contribution in [2.75, 3.05) is 13.6 Å². The van der Waals surface area contributed by atoms with Gasteiger partial charge in [0.2, 0.25) is 5.91 Å². The lowest BCUT2D eigenvalue weighted by Crippen LogP contribution is -2.29. The van der Waals surface area contributed by atoms with Crippen LogP contribution >= 0.6 is 11.3 Å². The topological polar surface area (TPSA) is 66.2 Å². The van der Waals surface area contributed by atoms with Crippen LogP contribution in [0, 0.1) is 18.3 Å². The molecule has 0 aliphatic rings. The van der Waals surface area contributed by atoms with Crippen molar-refractivity contribution in [2.45, 2.75) is 26.4 Å². The van der Waals surface area contributed by atoms with Crippen LogP contribution in [-0.4, -0.2) is 29.4 Å². The Morgan fingerprint density at radius 2 is 2.13 bits per heavy atom. The molecule has 0 aliphatic heterocycles. The Labute approximate surface area is 140 Å². The number of likely N-dealkylation sites (N-methyl/N-ethyl adjacent to an activating group) is 1. The summed E-state index contributed by atoms with van der Waals surface area (Å²) in [5, 5.41) is 11.3. The van der Waals surface area contributed by atoms with Crippen LogP contribution in [0.25, 0.3) is 0 Å². The number of benzene rings is 1. The van der Waals surface area contributed by atoms with Crippen LogP contribution in [0.1, 0.15) is 22.7 Å². The van der Waals surface area contributed by atoms with Gasteiger partial charge in [-0.1, -0.05) is 17.7 Å². The minimum atomic E-state index is -0.0310. The summed E-state index contributed by atoms with van der Waals surface area (Å²) < 4.78 is 5.68. The molecule has 0 aliphatic carbocycles. The van der Waals surface area contributed by atoms with E-state index in [0.29, 0.717) is 19.6 Å². The quantitative estimate of drug-likeness (QED) is 0.783. The zero-order valence-electron chi connectivity index (χ0n) is 13.3. The standard InChI is InChI=1S/C17H19N3O2S/c1-13-4-6-15(7-5-13)22-11-16-19-14(12-23-16)10-17(21)20(2)9-3-8-18/h4-7,12H,3,9-11H2,1-2H3. The molecule has 0 saturated heterocycles. The number of carbonyl (C=O) groups excluding carboxylic acids is 1. The minimum absolute atomic E-state index is 0.0310. The van der Waals surface area contributed by atoms with E-state index in [4.69, 9.17) is 10.00 Å². The van der Waals surface area contributed by atoms with Gasteiger partial charge in [0.15, 0.2) is 0 Å². The molecule has 2 aromatic rings.